The summed E-state index contributed by atoms with van der Waals surface area (Å²) in [6.07, 6.45) is 11.4. The first-order valence-corrected chi connectivity index (χ1v) is 7.55. The van der Waals surface area contributed by atoms with E-state index in [4.69, 9.17) is 0 Å². The minimum absolute atomic E-state index is 1.01. The summed E-state index contributed by atoms with van der Waals surface area (Å²) in [5.74, 6) is 1.04. The molecule has 1 aromatic rings. The van der Waals surface area contributed by atoms with Crippen molar-refractivity contribution in [3.8, 4) is 0 Å². The van der Waals surface area contributed by atoms with E-state index < -0.39 is 0 Å². The van der Waals surface area contributed by atoms with Gasteiger partial charge in [0.2, 0.25) is 5.95 Å². The van der Waals surface area contributed by atoms with Gasteiger partial charge in [0.1, 0.15) is 0 Å². The van der Waals surface area contributed by atoms with Crippen molar-refractivity contribution in [3.63, 3.8) is 0 Å². The van der Waals surface area contributed by atoms with Crippen LogP contribution in [0.15, 0.2) is 6.20 Å². The second kappa shape index (κ2) is 9.01. The number of hydrogen-bond acceptors (Lipinski definition) is 2. The van der Waals surface area contributed by atoms with Gasteiger partial charge in [-0.15, -0.1) is 0 Å². The molecule has 1 aromatic heterocycles. The molecule has 0 spiro atoms. The fraction of sp³-hybridized carbons (Fsp3) is 0.800. The molecule has 0 saturated carbocycles. The monoisotopic (exact) mass is 251 g/mol. The van der Waals surface area contributed by atoms with Crippen molar-refractivity contribution in [2.24, 2.45) is 0 Å². The fourth-order valence-electron chi connectivity index (χ4n) is 2.16. The molecule has 0 aliphatic carbocycles. The molecule has 0 amide bonds. The van der Waals surface area contributed by atoms with E-state index in [9.17, 15) is 0 Å². The van der Waals surface area contributed by atoms with Crippen molar-refractivity contribution >= 4 is 5.95 Å². The number of rotatable bonds is 10. The van der Waals surface area contributed by atoms with Gasteiger partial charge in [-0.2, -0.15) is 0 Å². The summed E-state index contributed by atoms with van der Waals surface area (Å²) in [5.41, 5.74) is 1.11. The van der Waals surface area contributed by atoms with Crippen molar-refractivity contribution in [2.75, 3.05) is 11.9 Å². The maximum absolute atomic E-state index is 4.53. The first kappa shape index (κ1) is 15.1. The van der Waals surface area contributed by atoms with Gasteiger partial charge in [0, 0.05) is 19.3 Å². The Morgan fingerprint density at radius 1 is 1.06 bits per heavy atom. The van der Waals surface area contributed by atoms with Gasteiger partial charge in [-0.1, -0.05) is 46.0 Å². The molecule has 3 nitrogen and oxygen atoms in total. The molecule has 0 aliphatic heterocycles. The van der Waals surface area contributed by atoms with Crippen molar-refractivity contribution in [1.29, 1.82) is 0 Å². The molecule has 0 bridgehead atoms. The standard InChI is InChI=1S/C15H29N3/c1-4-6-7-8-9-10-12-18-13-14(3)17-15(18)16-11-5-2/h13H,4-12H2,1-3H3,(H,16,17). The molecule has 0 aliphatic rings. The van der Waals surface area contributed by atoms with E-state index in [-0.39, 0.29) is 0 Å². The molecular formula is C15H29N3. The van der Waals surface area contributed by atoms with E-state index in [2.05, 4.69) is 41.8 Å². The predicted octanol–water partition coefficient (Wildman–Crippen LogP) is 4.37. The smallest absolute Gasteiger partial charge is 0.203 e. The van der Waals surface area contributed by atoms with Crippen LogP contribution in [0.4, 0.5) is 5.95 Å². The van der Waals surface area contributed by atoms with Crippen molar-refractivity contribution in [3.05, 3.63) is 11.9 Å². The zero-order valence-corrected chi connectivity index (χ0v) is 12.3. The van der Waals surface area contributed by atoms with Crippen molar-refractivity contribution < 1.29 is 0 Å². The summed E-state index contributed by atoms with van der Waals surface area (Å²) >= 11 is 0. The lowest BCUT2D eigenvalue weighted by Crippen LogP contribution is -2.08. The molecule has 0 unspecified atom stereocenters. The Balaban J connectivity index is 2.27. The van der Waals surface area contributed by atoms with Crippen LogP contribution >= 0.6 is 0 Å². The molecule has 0 fully saturated rings. The number of anilines is 1. The zero-order valence-electron chi connectivity index (χ0n) is 12.3. The van der Waals surface area contributed by atoms with Crippen LogP contribution < -0.4 is 5.32 Å². The third-order valence-corrected chi connectivity index (χ3v) is 3.18. The Kier molecular flexibility index (Phi) is 7.54. The molecule has 104 valence electrons. The van der Waals surface area contributed by atoms with Crippen molar-refractivity contribution in [2.45, 2.75) is 72.3 Å². The van der Waals surface area contributed by atoms with Gasteiger partial charge in [-0.3, -0.25) is 0 Å². The second-order valence-corrected chi connectivity index (χ2v) is 5.09. The molecule has 18 heavy (non-hydrogen) atoms. The van der Waals surface area contributed by atoms with Gasteiger partial charge >= 0.3 is 0 Å². The van der Waals surface area contributed by atoms with E-state index in [1.165, 1.54) is 38.5 Å². The minimum Gasteiger partial charge on any atom is -0.356 e. The molecule has 3 heteroatoms. The number of nitrogens with one attached hydrogen (secondary N) is 1. The maximum atomic E-state index is 4.53. The van der Waals surface area contributed by atoms with Crippen LogP contribution in [0, 0.1) is 6.92 Å². The normalized spacial score (nSPS) is 10.8. The first-order valence-electron chi connectivity index (χ1n) is 7.55. The highest BCUT2D eigenvalue weighted by molar-refractivity contribution is 5.28. The average molecular weight is 251 g/mol. The quantitative estimate of drug-likeness (QED) is 0.626. The van der Waals surface area contributed by atoms with Crippen LogP contribution in [0.5, 0.6) is 0 Å². The molecule has 1 N–H and O–H groups in total. The molecular weight excluding hydrogens is 222 g/mol. The molecule has 0 radical (unpaired) electrons. The van der Waals surface area contributed by atoms with Gasteiger partial charge in [0.05, 0.1) is 5.69 Å². The summed E-state index contributed by atoms with van der Waals surface area (Å²) in [6, 6.07) is 0. The van der Waals surface area contributed by atoms with Crippen LogP contribution in [0.3, 0.4) is 0 Å². The number of imidazole rings is 1. The topological polar surface area (TPSA) is 29.9 Å². The highest BCUT2D eigenvalue weighted by atomic mass is 15.2. The summed E-state index contributed by atoms with van der Waals surface area (Å²) in [6.45, 7) is 8.61. The van der Waals surface area contributed by atoms with Crippen LogP contribution in [0.25, 0.3) is 0 Å². The van der Waals surface area contributed by atoms with E-state index in [1.54, 1.807) is 0 Å². The minimum atomic E-state index is 1.01. The molecule has 1 rings (SSSR count). The zero-order chi connectivity index (χ0) is 13.2. The predicted molar refractivity (Wildman–Crippen MR) is 79.1 cm³/mol. The summed E-state index contributed by atoms with van der Waals surface area (Å²) < 4.78 is 2.27. The lowest BCUT2D eigenvalue weighted by atomic mass is 10.1. The highest BCUT2D eigenvalue weighted by Gasteiger charge is 2.03. The molecule has 0 atom stereocenters. The number of aromatic nitrogens is 2. The number of nitrogens with zero attached hydrogens (tertiary/aromatic N) is 2. The average Bonchev–Trinajstić information content (AvgIpc) is 2.71. The van der Waals surface area contributed by atoms with E-state index in [0.717, 1.165) is 31.2 Å². The number of unbranched alkanes of at least 4 members (excludes halogenated alkanes) is 5. The number of aryl methyl sites for hydroxylation is 2. The van der Waals surface area contributed by atoms with Gasteiger partial charge in [-0.25, -0.2) is 4.98 Å². The maximum Gasteiger partial charge on any atom is 0.203 e. The van der Waals surface area contributed by atoms with E-state index >= 15 is 0 Å². The summed E-state index contributed by atoms with van der Waals surface area (Å²) in [7, 11) is 0. The van der Waals surface area contributed by atoms with Crippen LogP contribution in [-0.2, 0) is 6.54 Å². The Bertz CT molecular complexity index is 318. The Morgan fingerprint density at radius 3 is 2.50 bits per heavy atom. The van der Waals surface area contributed by atoms with E-state index in [1.807, 2.05) is 0 Å². The van der Waals surface area contributed by atoms with Gasteiger partial charge in [0.15, 0.2) is 0 Å². The third-order valence-electron chi connectivity index (χ3n) is 3.18. The highest BCUT2D eigenvalue weighted by Crippen LogP contribution is 2.12. The fourth-order valence-corrected chi connectivity index (χ4v) is 2.16. The van der Waals surface area contributed by atoms with Gasteiger partial charge in [-0.05, 0) is 19.8 Å². The number of hydrogen-bond donors (Lipinski definition) is 1. The third kappa shape index (κ3) is 5.56. The summed E-state index contributed by atoms with van der Waals surface area (Å²) in [4.78, 5) is 4.53. The van der Waals surface area contributed by atoms with Gasteiger partial charge in [0.25, 0.3) is 0 Å². The Hall–Kier alpha value is -0.990. The SMILES string of the molecule is CCCCCCCCn1cc(C)nc1NCCC. The van der Waals surface area contributed by atoms with E-state index in [0.29, 0.717) is 0 Å². The molecule has 0 aromatic carbocycles. The van der Waals surface area contributed by atoms with Crippen LogP contribution in [-0.4, -0.2) is 16.1 Å². The first-order chi connectivity index (χ1) is 8.77. The lowest BCUT2D eigenvalue weighted by Gasteiger charge is -2.08. The summed E-state index contributed by atoms with van der Waals surface area (Å²) in [5, 5.41) is 3.40. The molecule has 1 heterocycles. The Labute approximate surface area is 112 Å². The largest absolute Gasteiger partial charge is 0.356 e. The van der Waals surface area contributed by atoms with Gasteiger partial charge < -0.3 is 9.88 Å². The Morgan fingerprint density at radius 2 is 1.78 bits per heavy atom. The van der Waals surface area contributed by atoms with Crippen LogP contribution in [0.2, 0.25) is 0 Å². The van der Waals surface area contributed by atoms with Crippen molar-refractivity contribution in [1.82, 2.24) is 9.55 Å². The molecule has 0 saturated heterocycles. The second-order valence-electron chi connectivity index (χ2n) is 5.09. The van der Waals surface area contributed by atoms with Crippen LogP contribution in [0.1, 0.15) is 64.5 Å². The lowest BCUT2D eigenvalue weighted by molar-refractivity contribution is 0.559.